The number of nitrogen functional groups attached to an aromatic ring is 1. The molecule has 1 aromatic carbocycles. The van der Waals surface area contributed by atoms with E-state index < -0.39 is 5.82 Å². The van der Waals surface area contributed by atoms with Crippen LogP contribution in [0.1, 0.15) is 12.8 Å². The van der Waals surface area contributed by atoms with Crippen LogP contribution < -0.4 is 10.5 Å². The van der Waals surface area contributed by atoms with Gasteiger partial charge in [-0.25, -0.2) is 9.37 Å². The summed E-state index contributed by atoms with van der Waals surface area (Å²) in [5, 5.41) is 0. The van der Waals surface area contributed by atoms with E-state index in [0.29, 0.717) is 11.5 Å². The summed E-state index contributed by atoms with van der Waals surface area (Å²) >= 11 is 1.83. The Morgan fingerprint density at radius 3 is 2.89 bits per heavy atom. The number of hydrogen-bond donors (Lipinski definition) is 1. The number of imidazole rings is 1. The fraction of sp³-hybridized carbons (Fsp3) is 0.462. The SMILES string of the molecule is COc1cc2c(cc1F)nc(N)n2CCCCSC. The highest BCUT2D eigenvalue weighted by Crippen LogP contribution is 2.26. The van der Waals surface area contributed by atoms with Gasteiger partial charge in [0.2, 0.25) is 5.95 Å². The Bertz CT molecular complexity index is 571. The van der Waals surface area contributed by atoms with Crippen LogP contribution in [0.4, 0.5) is 10.3 Å². The molecule has 0 spiro atoms. The van der Waals surface area contributed by atoms with Crippen LogP contribution in [0.25, 0.3) is 11.0 Å². The van der Waals surface area contributed by atoms with Gasteiger partial charge in [-0.05, 0) is 24.9 Å². The molecule has 1 heterocycles. The summed E-state index contributed by atoms with van der Waals surface area (Å²) in [7, 11) is 1.45. The number of thioether (sulfide) groups is 1. The molecule has 1 aromatic heterocycles. The van der Waals surface area contributed by atoms with Crippen LogP contribution in [-0.4, -0.2) is 28.7 Å². The normalized spacial score (nSPS) is 11.1. The molecule has 0 bridgehead atoms. The van der Waals surface area contributed by atoms with Crippen LogP contribution in [0.5, 0.6) is 5.75 Å². The van der Waals surface area contributed by atoms with Crippen molar-refractivity contribution in [2.24, 2.45) is 0 Å². The molecule has 0 saturated carbocycles. The summed E-state index contributed by atoms with van der Waals surface area (Å²) in [5.41, 5.74) is 7.28. The number of hydrogen-bond acceptors (Lipinski definition) is 4. The van der Waals surface area contributed by atoms with Gasteiger partial charge in [0.1, 0.15) is 0 Å². The van der Waals surface area contributed by atoms with E-state index in [9.17, 15) is 4.39 Å². The Morgan fingerprint density at radius 2 is 2.21 bits per heavy atom. The number of unbranched alkanes of at least 4 members (excludes halogenated alkanes) is 1. The molecule has 0 aliphatic rings. The molecule has 0 amide bonds. The molecule has 2 rings (SSSR count). The summed E-state index contributed by atoms with van der Waals surface area (Å²) in [4.78, 5) is 4.19. The van der Waals surface area contributed by atoms with Gasteiger partial charge in [-0.2, -0.15) is 11.8 Å². The number of aromatic nitrogens is 2. The second-order valence-corrected chi connectivity index (χ2v) is 5.28. The Kier molecular flexibility index (Phi) is 4.52. The molecule has 0 aliphatic heterocycles. The highest BCUT2D eigenvalue weighted by atomic mass is 32.2. The van der Waals surface area contributed by atoms with Gasteiger partial charge in [0.15, 0.2) is 11.6 Å². The summed E-state index contributed by atoms with van der Waals surface area (Å²) in [6.07, 6.45) is 4.24. The highest BCUT2D eigenvalue weighted by Gasteiger charge is 2.12. The number of nitrogens with two attached hydrogens (primary N) is 1. The number of fused-ring (bicyclic) bond motifs is 1. The Morgan fingerprint density at radius 1 is 1.42 bits per heavy atom. The lowest BCUT2D eigenvalue weighted by molar-refractivity contribution is 0.387. The van der Waals surface area contributed by atoms with Crippen LogP contribution >= 0.6 is 11.8 Å². The van der Waals surface area contributed by atoms with Crippen LogP contribution in [0.15, 0.2) is 12.1 Å². The van der Waals surface area contributed by atoms with E-state index in [1.807, 2.05) is 16.3 Å². The molecule has 0 atom stereocenters. The highest BCUT2D eigenvalue weighted by molar-refractivity contribution is 7.98. The first kappa shape index (κ1) is 14.0. The molecule has 0 aliphatic carbocycles. The Labute approximate surface area is 116 Å². The third-order valence-corrected chi connectivity index (χ3v) is 3.73. The second-order valence-electron chi connectivity index (χ2n) is 4.30. The molecule has 0 radical (unpaired) electrons. The van der Waals surface area contributed by atoms with E-state index in [2.05, 4.69) is 11.2 Å². The summed E-state index contributed by atoms with van der Waals surface area (Å²) in [6, 6.07) is 3.02. The van der Waals surface area contributed by atoms with Gasteiger partial charge in [-0.1, -0.05) is 0 Å². The third kappa shape index (κ3) is 2.94. The molecule has 104 valence electrons. The van der Waals surface area contributed by atoms with Gasteiger partial charge in [-0.3, -0.25) is 0 Å². The molecule has 2 aromatic rings. The van der Waals surface area contributed by atoms with Crippen LogP contribution in [0.3, 0.4) is 0 Å². The number of benzene rings is 1. The Balaban J connectivity index is 2.29. The fourth-order valence-corrected chi connectivity index (χ4v) is 2.55. The zero-order chi connectivity index (χ0) is 13.8. The molecule has 0 saturated heterocycles. The van der Waals surface area contributed by atoms with Crippen molar-refractivity contribution in [3.05, 3.63) is 17.9 Å². The molecule has 4 nitrogen and oxygen atoms in total. The fourth-order valence-electron chi connectivity index (χ4n) is 2.05. The summed E-state index contributed by atoms with van der Waals surface area (Å²) in [6.45, 7) is 0.789. The molecule has 2 N–H and O–H groups in total. The second kappa shape index (κ2) is 6.14. The van der Waals surface area contributed by atoms with E-state index in [4.69, 9.17) is 10.5 Å². The number of nitrogens with zero attached hydrogens (tertiary/aromatic N) is 2. The maximum Gasteiger partial charge on any atom is 0.201 e. The largest absolute Gasteiger partial charge is 0.494 e. The van der Waals surface area contributed by atoms with Gasteiger partial charge < -0.3 is 15.0 Å². The van der Waals surface area contributed by atoms with Crippen molar-refractivity contribution in [3.8, 4) is 5.75 Å². The maximum absolute atomic E-state index is 13.6. The van der Waals surface area contributed by atoms with Gasteiger partial charge >= 0.3 is 0 Å². The lowest BCUT2D eigenvalue weighted by atomic mass is 10.2. The smallest absolute Gasteiger partial charge is 0.201 e. The number of methoxy groups -OCH3 is 1. The van der Waals surface area contributed by atoms with Crippen molar-refractivity contribution in [1.82, 2.24) is 9.55 Å². The monoisotopic (exact) mass is 283 g/mol. The molecule has 0 fully saturated rings. The van der Waals surface area contributed by atoms with Crippen molar-refractivity contribution >= 4 is 28.7 Å². The first-order chi connectivity index (χ1) is 9.17. The van der Waals surface area contributed by atoms with Crippen molar-refractivity contribution in [2.75, 3.05) is 24.9 Å². The first-order valence-corrected chi connectivity index (χ1v) is 7.55. The zero-order valence-corrected chi connectivity index (χ0v) is 12.0. The minimum atomic E-state index is -0.415. The van der Waals surface area contributed by atoms with Gasteiger partial charge in [0.25, 0.3) is 0 Å². The minimum absolute atomic E-state index is 0.220. The topological polar surface area (TPSA) is 53.1 Å². The average Bonchev–Trinajstić information content (AvgIpc) is 2.69. The van der Waals surface area contributed by atoms with E-state index >= 15 is 0 Å². The summed E-state index contributed by atoms with van der Waals surface area (Å²) in [5.74, 6) is 1.36. The summed E-state index contributed by atoms with van der Waals surface area (Å²) < 4.78 is 20.5. The molecule has 6 heteroatoms. The van der Waals surface area contributed by atoms with Gasteiger partial charge in [-0.15, -0.1) is 0 Å². The van der Waals surface area contributed by atoms with E-state index in [1.54, 1.807) is 6.07 Å². The van der Waals surface area contributed by atoms with E-state index in [1.165, 1.54) is 13.2 Å². The van der Waals surface area contributed by atoms with E-state index in [-0.39, 0.29) is 5.75 Å². The first-order valence-electron chi connectivity index (χ1n) is 6.15. The quantitative estimate of drug-likeness (QED) is 0.828. The van der Waals surface area contributed by atoms with Crippen molar-refractivity contribution in [2.45, 2.75) is 19.4 Å². The van der Waals surface area contributed by atoms with Crippen LogP contribution in [0.2, 0.25) is 0 Å². The van der Waals surface area contributed by atoms with E-state index in [0.717, 1.165) is 30.7 Å². The average molecular weight is 283 g/mol. The molecule has 0 unspecified atom stereocenters. The van der Waals surface area contributed by atoms with Crippen LogP contribution in [0, 0.1) is 5.82 Å². The number of rotatable bonds is 6. The van der Waals surface area contributed by atoms with Crippen molar-refractivity contribution < 1.29 is 9.13 Å². The number of anilines is 1. The minimum Gasteiger partial charge on any atom is -0.494 e. The van der Waals surface area contributed by atoms with Gasteiger partial charge in [0, 0.05) is 18.7 Å². The Hall–Kier alpha value is -1.43. The van der Waals surface area contributed by atoms with Crippen LogP contribution in [-0.2, 0) is 6.54 Å². The number of aryl methyl sites for hydroxylation is 1. The molecule has 19 heavy (non-hydrogen) atoms. The molecular weight excluding hydrogens is 265 g/mol. The lowest BCUT2D eigenvalue weighted by Crippen LogP contribution is -2.04. The van der Waals surface area contributed by atoms with Crippen molar-refractivity contribution in [3.63, 3.8) is 0 Å². The zero-order valence-electron chi connectivity index (χ0n) is 11.1. The van der Waals surface area contributed by atoms with Crippen molar-refractivity contribution in [1.29, 1.82) is 0 Å². The predicted octanol–water partition coefficient (Wildman–Crippen LogP) is 2.91. The number of ether oxygens (including phenoxy) is 1. The maximum atomic E-state index is 13.6. The standard InChI is InChI=1S/C13H18FN3OS/c1-18-12-8-11-10(7-9(12)14)16-13(15)17(11)5-3-4-6-19-2/h7-8H,3-6H2,1-2H3,(H2,15,16). The predicted molar refractivity (Wildman–Crippen MR) is 78.3 cm³/mol. The lowest BCUT2D eigenvalue weighted by Gasteiger charge is -2.07. The number of halogens is 1. The molecular formula is C13H18FN3OS. The third-order valence-electron chi connectivity index (χ3n) is 3.03. The van der Waals surface area contributed by atoms with Gasteiger partial charge in [0.05, 0.1) is 18.1 Å².